The van der Waals surface area contributed by atoms with Crippen LogP contribution in [0.5, 0.6) is 0 Å². The maximum Gasteiger partial charge on any atom is 0.472 e. The average Bonchev–Trinajstić information content (AvgIpc) is 3.38. The molecule has 3 N–H and O–H groups in total. The molecule has 0 aromatic heterocycles. The summed E-state index contributed by atoms with van der Waals surface area (Å²) in [6, 6.07) is 0. The van der Waals surface area contributed by atoms with E-state index < -0.39 is 26.5 Å². The van der Waals surface area contributed by atoms with E-state index in [0.29, 0.717) is 6.42 Å². The van der Waals surface area contributed by atoms with Gasteiger partial charge in [0.1, 0.15) is 6.61 Å². The van der Waals surface area contributed by atoms with E-state index in [2.05, 4.69) is 86.8 Å². The van der Waals surface area contributed by atoms with Crippen LogP contribution < -0.4 is 5.73 Å². The van der Waals surface area contributed by atoms with Gasteiger partial charge in [0.05, 0.1) is 13.2 Å². The largest absolute Gasteiger partial charge is 0.472 e. The van der Waals surface area contributed by atoms with E-state index in [-0.39, 0.29) is 38.6 Å². The molecular weight excluding hydrogens is 930 g/mol. The number of allylic oxidation sites excluding steroid dienone is 12. The van der Waals surface area contributed by atoms with Crippen molar-refractivity contribution in [3.8, 4) is 0 Å². The molecule has 0 bridgehead atoms. The predicted octanol–water partition coefficient (Wildman–Crippen LogP) is 19.3. The van der Waals surface area contributed by atoms with E-state index in [1.54, 1.807) is 0 Å². The van der Waals surface area contributed by atoms with E-state index >= 15 is 0 Å². The van der Waals surface area contributed by atoms with Crippen LogP contribution in [0.25, 0.3) is 0 Å². The first kappa shape index (κ1) is 70.5. The molecule has 2 atom stereocenters. The molecule has 10 heteroatoms. The molecule has 0 aliphatic rings. The number of rotatable bonds is 57. The molecule has 0 amide bonds. The lowest BCUT2D eigenvalue weighted by Crippen LogP contribution is -2.29. The molecule has 0 saturated carbocycles. The monoisotopic (exact) mass is 1040 g/mol. The lowest BCUT2D eigenvalue weighted by Gasteiger charge is -2.19. The smallest absolute Gasteiger partial charge is 0.462 e. The highest BCUT2D eigenvalue weighted by atomic mass is 31.2. The van der Waals surface area contributed by atoms with Crippen LogP contribution in [0.2, 0.25) is 0 Å². The predicted molar refractivity (Wildman–Crippen MR) is 312 cm³/mol. The van der Waals surface area contributed by atoms with Gasteiger partial charge in [-0.25, -0.2) is 4.57 Å². The van der Waals surface area contributed by atoms with Crippen molar-refractivity contribution in [1.82, 2.24) is 0 Å². The maximum atomic E-state index is 12.7. The van der Waals surface area contributed by atoms with E-state index in [1.165, 1.54) is 167 Å². The zero-order valence-corrected chi connectivity index (χ0v) is 48.3. The highest BCUT2D eigenvalue weighted by Crippen LogP contribution is 2.43. The summed E-state index contributed by atoms with van der Waals surface area (Å²) in [6.07, 6.45) is 75.5. The standard InChI is InChI=1S/C63H114NO8P/c1-3-5-7-9-11-13-15-17-19-20-21-22-23-24-25-26-27-28-29-30-31-32-33-34-35-36-37-38-39-40-42-44-46-48-50-52-54-56-63(66)72-61(60-71-73(67,68)70-58-57-64)59-69-62(65)55-53-51-49-47-45-43-41-18-16-14-12-10-8-6-4-2/h5,7,11,13,17-19,21-22,24-25,41,61H,3-4,6,8-10,12,14-16,20,23,26-40,42-60,64H2,1-2H3,(H,67,68)/b7-5-,13-11-,19-17-,22-21-,25-24-,41-18-. The second kappa shape index (κ2) is 58.7. The second-order valence-corrected chi connectivity index (χ2v) is 21.6. The van der Waals surface area contributed by atoms with Gasteiger partial charge in [0, 0.05) is 19.4 Å². The minimum Gasteiger partial charge on any atom is -0.462 e. The molecule has 0 saturated heterocycles. The fraction of sp³-hybridized carbons (Fsp3) is 0.778. The third kappa shape index (κ3) is 58.6. The molecule has 0 aliphatic heterocycles. The number of ether oxygens (including phenoxy) is 2. The molecule has 0 spiro atoms. The molecular formula is C63H114NO8P. The van der Waals surface area contributed by atoms with Crippen LogP contribution in [0.3, 0.4) is 0 Å². The summed E-state index contributed by atoms with van der Waals surface area (Å²) in [5.74, 6) is -0.828. The lowest BCUT2D eigenvalue weighted by atomic mass is 10.0. The molecule has 0 radical (unpaired) electrons. The maximum absolute atomic E-state index is 12.7. The number of nitrogens with two attached hydrogens (primary N) is 1. The number of unbranched alkanes of at least 4 members (excludes halogenated alkanes) is 32. The van der Waals surface area contributed by atoms with Gasteiger partial charge in [-0.2, -0.15) is 0 Å². The van der Waals surface area contributed by atoms with Gasteiger partial charge in [0.2, 0.25) is 0 Å². The van der Waals surface area contributed by atoms with E-state index in [0.717, 1.165) is 83.5 Å². The molecule has 0 fully saturated rings. The molecule has 0 aromatic rings. The van der Waals surface area contributed by atoms with Gasteiger partial charge in [0.25, 0.3) is 0 Å². The zero-order valence-electron chi connectivity index (χ0n) is 47.4. The highest BCUT2D eigenvalue weighted by molar-refractivity contribution is 7.47. The number of phosphoric acid groups is 1. The van der Waals surface area contributed by atoms with E-state index in [9.17, 15) is 19.0 Å². The van der Waals surface area contributed by atoms with Crippen molar-refractivity contribution in [2.75, 3.05) is 26.4 Å². The number of carbonyl (C=O) groups is 2. The van der Waals surface area contributed by atoms with Crippen LogP contribution in [0.1, 0.15) is 284 Å². The van der Waals surface area contributed by atoms with Gasteiger partial charge in [-0.05, 0) is 83.5 Å². The first-order valence-corrected chi connectivity index (χ1v) is 31.9. The molecule has 0 rings (SSSR count). The van der Waals surface area contributed by atoms with Crippen molar-refractivity contribution in [1.29, 1.82) is 0 Å². The van der Waals surface area contributed by atoms with Crippen LogP contribution >= 0.6 is 7.82 Å². The summed E-state index contributed by atoms with van der Waals surface area (Å²) in [4.78, 5) is 35.1. The first-order chi connectivity index (χ1) is 35.8. The summed E-state index contributed by atoms with van der Waals surface area (Å²) >= 11 is 0. The van der Waals surface area contributed by atoms with Crippen LogP contribution in [0, 0.1) is 0 Å². The Bertz CT molecular complexity index is 1420. The van der Waals surface area contributed by atoms with Crippen molar-refractivity contribution >= 4 is 19.8 Å². The Morgan fingerprint density at radius 3 is 1.14 bits per heavy atom. The van der Waals surface area contributed by atoms with Crippen LogP contribution in [0.15, 0.2) is 72.9 Å². The molecule has 2 unspecified atom stereocenters. The van der Waals surface area contributed by atoms with Crippen molar-refractivity contribution in [3.05, 3.63) is 72.9 Å². The Hall–Kier alpha value is -2.55. The summed E-state index contributed by atoms with van der Waals surface area (Å²) in [6.45, 7) is 3.64. The third-order valence-corrected chi connectivity index (χ3v) is 14.1. The van der Waals surface area contributed by atoms with E-state index in [1.807, 2.05) is 0 Å². The van der Waals surface area contributed by atoms with Gasteiger partial charge in [-0.1, -0.05) is 260 Å². The summed E-state index contributed by atoms with van der Waals surface area (Å²) in [5, 5.41) is 0. The molecule has 0 aliphatic carbocycles. The number of hydrogen-bond donors (Lipinski definition) is 2. The second-order valence-electron chi connectivity index (χ2n) is 20.2. The van der Waals surface area contributed by atoms with Gasteiger partial charge >= 0.3 is 19.8 Å². The van der Waals surface area contributed by atoms with E-state index in [4.69, 9.17) is 24.3 Å². The number of carbonyl (C=O) groups excluding carboxylic acids is 2. The van der Waals surface area contributed by atoms with Crippen LogP contribution in [-0.2, 0) is 32.7 Å². The fourth-order valence-electron chi connectivity index (χ4n) is 8.60. The average molecular weight is 1040 g/mol. The summed E-state index contributed by atoms with van der Waals surface area (Å²) in [5.41, 5.74) is 5.38. The molecule has 0 aromatic carbocycles. The normalized spacial score (nSPS) is 13.5. The highest BCUT2D eigenvalue weighted by Gasteiger charge is 2.26. The fourth-order valence-corrected chi connectivity index (χ4v) is 9.37. The van der Waals surface area contributed by atoms with Crippen molar-refractivity contribution in [2.45, 2.75) is 290 Å². The first-order valence-electron chi connectivity index (χ1n) is 30.4. The van der Waals surface area contributed by atoms with Crippen LogP contribution in [-0.4, -0.2) is 49.3 Å². The molecule has 9 nitrogen and oxygen atoms in total. The number of phosphoric ester groups is 1. The quantitative estimate of drug-likeness (QED) is 0.0264. The summed E-state index contributed by atoms with van der Waals surface area (Å²) < 4.78 is 33.0. The SMILES string of the molecule is CC/C=C\C/C=C\C/C=C\C/C=C\C/C=C\CCCCCCCCCCCCCCCCCCCCCCCC(=O)OC(COC(=O)CCCCCCC/C=C\CCCCCCCC)COP(=O)(O)OCCN. The zero-order chi connectivity index (χ0) is 53.1. The Labute approximate surface area is 450 Å². The minimum absolute atomic E-state index is 0.0523. The van der Waals surface area contributed by atoms with Crippen molar-refractivity contribution in [3.63, 3.8) is 0 Å². The topological polar surface area (TPSA) is 134 Å². The Morgan fingerprint density at radius 2 is 0.753 bits per heavy atom. The van der Waals surface area contributed by atoms with Crippen molar-refractivity contribution < 1.29 is 37.6 Å². The molecule has 424 valence electrons. The number of esters is 2. The molecule has 0 heterocycles. The van der Waals surface area contributed by atoms with Gasteiger partial charge in [0.15, 0.2) is 6.10 Å². The van der Waals surface area contributed by atoms with Gasteiger partial charge < -0.3 is 20.1 Å². The van der Waals surface area contributed by atoms with Crippen LogP contribution in [0.4, 0.5) is 0 Å². The van der Waals surface area contributed by atoms with Crippen molar-refractivity contribution in [2.24, 2.45) is 5.73 Å². The minimum atomic E-state index is -4.39. The van der Waals surface area contributed by atoms with Gasteiger partial charge in [-0.3, -0.25) is 18.6 Å². The number of hydrogen-bond acceptors (Lipinski definition) is 8. The Balaban J connectivity index is 3.82. The third-order valence-electron chi connectivity index (χ3n) is 13.1. The lowest BCUT2D eigenvalue weighted by molar-refractivity contribution is -0.161. The summed E-state index contributed by atoms with van der Waals surface area (Å²) in [7, 11) is -4.39. The van der Waals surface area contributed by atoms with Gasteiger partial charge in [-0.15, -0.1) is 0 Å². The Kier molecular flexibility index (Phi) is 56.7. The molecule has 73 heavy (non-hydrogen) atoms. The Morgan fingerprint density at radius 1 is 0.425 bits per heavy atom.